The summed E-state index contributed by atoms with van der Waals surface area (Å²) < 4.78 is 6.07. The summed E-state index contributed by atoms with van der Waals surface area (Å²) in [6.07, 6.45) is 2.28. The maximum atomic E-state index is 12.2. The predicted molar refractivity (Wildman–Crippen MR) is 79.7 cm³/mol. The molecule has 2 rings (SSSR count). The highest BCUT2D eigenvalue weighted by Crippen LogP contribution is 2.25. The number of nitrogens with one attached hydrogen (secondary N) is 1. The predicted octanol–water partition coefficient (Wildman–Crippen LogP) is 3.72. The van der Waals surface area contributed by atoms with Gasteiger partial charge in [-0.25, -0.2) is 4.79 Å². The molecule has 1 aromatic carbocycles. The molecule has 4 nitrogen and oxygen atoms in total. The van der Waals surface area contributed by atoms with E-state index in [0.29, 0.717) is 5.92 Å². The van der Waals surface area contributed by atoms with Crippen LogP contribution in [0.1, 0.15) is 19.8 Å². The van der Waals surface area contributed by atoms with Gasteiger partial charge in [-0.3, -0.25) is 0 Å². The Bertz CT molecular complexity index is 465. The molecule has 0 bridgehead atoms. The van der Waals surface area contributed by atoms with Crippen LogP contribution in [0.25, 0.3) is 0 Å². The quantitative estimate of drug-likeness (QED) is 0.899. The van der Waals surface area contributed by atoms with Crippen LogP contribution < -0.4 is 10.1 Å². The fourth-order valence-corrected chi connectivity index (χ4v) is 2.80. The summed E-state index contributed by atoms with van der Waals surface area (Å²) in [5.74, 6) is 1.30. The molecule has 1 heterocycles. The van der Waals surface area contributed by atoms with Crippen LogP contribution in [0.15, 0.2) is 22.7 Å². The lowest BCUT2D eigenvalue weighted by Gasteiger charge is -2.31. The summed E-state index contributed by atoms with van der Waals surface area (Å²) in [5.41, 5.74) is 0.745. The number of anilines is 1. The second-order valence-electron chi connectivity index (χ2n) is 5.00. The lowest BCUT2D eigenvalue weighted by Crippen LogP contribution is -2.41. The maximum absolute atomic E-state index is 12.2. The van der Waals surface area contributed by atoms with Crippen LogP contribution in [-0.4, -0.2) is 31.1 Å². The van der Waals surface area contributed by atoms with Crippen molar-refractivity contribution in [2.24, 2.45) is 5.92 Å². The van der Waals surface area contributed by atoms with Crippen LogP contribution in [0.2, 0.25) is 0 Å². The molecule has 1 saturated heterocycles. The number of halogens is 1. The molecule has 5 heteroatoms. The molecule has 1 aliphatic heterocycles. The Hall–Kier alpha value is -1.23. The minimum Gasteiger partial charge on any atom is -0.497 e. The van der Waals surface area contributed by atoms with E-state index in [-0.39, 0.29) is 6.03 Å². The third kappa shape index (κ3) is 3.86. The average molecular weight is 327 g/mol. The zero-order valence-electron chi connectivity index (χ0n) is 11.3. The molecule has 0 aliphatic carbocycles. The summed E-state index contributed by atoms with van der Waals surface area (Å²) >= 11 is 3.40. The first kappa shape index (κ1) is 14.2. The zero-order valence-corrected chi connectivity index (χ0v) is 12.9. The van der Waals surface area contributed by atoms with Gasteiger partial charge in [-0.15, -0.1) is 0 Å². The zero-order chi connectivity index (χ0) is 13.8. The van der Waals surface area contributed by atoms with Crippen LogP contribution >= 0.6 is 15.9 Å². The average Bonchev–Trinajstić information content (AvgIpc) is 2.38. The number of piperidine rings is 1. The van der Waals surface area contributed by atoms with Crippen LogP contribution in [0.4, 0.5) is 10.5 Å². The van der Waals surface area contributed by atoms with Gasteiger partial charge in [0.15, 0.2) is 0 Å². The third-order valence-corrected chi connectivity index (χ3v) is 3.76. The largest absolute Gasteiger partial charge is 0.497 e. The maximum Gasteiger partial charge on any atom is 0.321 e. The van der Waals surface area contributed by atoms with E-state index >= 15 is 0 Å². The SMILES string of the molecule is COc1cc(Br)cc(NC(=O)N2CCCC(C)C2)c1. The number of ether oxygens (including phenoxy) is 1. The van der Waals surface area contributed by atoms with Crippen molar-refractivity contribution < 1.29 is 9.53 Å². The van der Waals surface area contributed by atoms with E-state index in [2.05, 4.69) is 28.2 Å². The van der Waals surface area contributed by atoms with Crippen molar-refractivity contribution in [3.63, 3.8) is 0 Å². The second-order valence-corrected chi connectivity index (χ2v) is 5.92. The van der Waals surface area contributed by atoms with E-state index in [1.165, 1.54) is 6.42 Å². The Morgan fingerprint density at radius 1 is 1.47 bits per heavy atom. The first-order valence-electron chi connectivity index (χ1n) is 6.49. The van der Waals surface area contributed by atoms with Crippen molar-refractivity contribution >= 4 is 27.6 Å². The Labute approximate surface area is 122 Å². The van der Waals surface area contributed by atoms with Crippen LogP contribution in [0.3, 0.4) is 0 Å². The number of carbonyl (C=O) groups excluding carboxylic acids is 1. The van der Waals surface area contributed by atoms with E-state index in [1.807, 2.05) is 23.1 Å². The molecule has 2 amide bonds. The number of urea groups is 1. The fourth-order valence-electron chi connectivity index (χ4n) is 2.33. The molecule has 0 saturated carbocycles. The highest BCUT2D eigenvalue weighted by atomic mass is 79.9. The Morgan fingerprint density at radius 2 is 2.26 bits per heavy atom. The number of methoxy groups -OCH3 is 1. The minimum absolute atomic E-state index is 0.0355. The number of rotatable bonds is 2. The molecule has 1 unspecified atom stereocenters. The van der Waals surface area contributed by atoms with Gasteiger partial charge in [-0.1, -0.05) is 22.9 Å². The molecule has 1 aliphatic rings. The number of carbonyl (C=O) groups is 1. The van der Waals surface area contributed by atoms with E-state index in [4.69, 9.17) is 4.74 Å². The van der Waals surface area contributed by atoms with Crippen LogP contribution in [-0.2, 0) is 0 Å². The number of hydrogen-bond donors (Lipinski definition) is 1. The summed E-state index contributed by atoms with van der Waals surface area (Å²) in [6.45, 7) is 3.85. The highest BCUT2D eigenvalue weighted by Gasteiger charge is 2.20. The van der Waals surface area contributed by atoms with E-state index in [9.17, 15) is 4.79 Å². The second kappa shape index (κ2) is 6.28. The van der Waals surface area contributed by atoms with Crippen molar-refractivity contribution in [1.29, 1.82) is 0 Å². The number of hydrogen-bond acceptors (Lipinski definition) is 2. The lowest BCUT2D eigenvalue weighted by atomic mass is 10.0. The van der Waals surface area contributed by atoms with Gasteiger partial charge in [0, 0.05) is 29.3 Å². The van der Waals surface area contributed by atoms with E-state index in [0.717, 1.165) is 35.4 Å². The van der Waals surface area contributed by atoms with Crippen molar-refractivity contribution in [2.45, 2.75) is 19.8 Å². The molecule has 0 aromatic heterocycles. The summed E-state index contributed by atoms with van der Waals surface area (Å²) in [4.78, 5) is 14.1. The van der Waals surface area contributed by atoms with E-state index in [1.54, 1.807) is 7.11 Å². The van der Waals surface area contributed by atoms with Gasteiger partial charge >= 0.3 is 6.03 Å². The standard InChI is InChI=1S/C14H19BrN2O2/c1-10-4-3-5-17(9-10)14(18)16-12-6-11(15)7-13(8-12)19-2/h6-8,10H,3-5,9H2,1-2H3,(H,16,18). The van der Waals surface area contributed by atoms with Crippen molar-refractivity contribution in [1.82, 2.24) is 4.90 Å². The smallest absolute Gasteiger partial charge is 0.321 e. The molecule has 1 fully saturated rings. The van der Waals surface area contributed by atoms with Gasteiger partial charge in [0.1, 0.15) is 5.75 Å². The van der Waals surface area contributed by atoms with Gasteiger partial charge in [0.05, 0.1) is 7.11 Å². The van der Waals surface area contributed by atoms with E-state index < -0.39 is 0 Å². The van der Waals surface area contributed by atoms with Crippen LogP contribution in [0.5, 0.6) is 5.75 Å². The minimum atomic E-state index is -0.0355. The lowest BCUT2D eigenvalue weighted by molar-refractivity contribution is 0.182. The highest BCUT2D eigenvalue weighted by molar-refractivity contribution is 9.10. The van der Waals surface area contributed by atoms with Crippen molar-refractivity contribution in [3.8, 4) is 5.75 Å². The molecular formula is C14H19BrN2O2. The van der Waals surface area contributed by atoms with Gasteiger partial charge in [0.2, 0.25) is 0 Å². The molecule has 1 atom stereocenters. The molecule has 0 spiro atoms. The van der Waals surface area contributed by atoms with Crippen molar-refractivity contribution in [3.05, 3.63) is 22.7 Å². The van der Waals surface area contributed by atoms with Crippen LogP contribution in [0, 0.1) is 5.92 Å². The Balaban J connectivity index is 2.03. The monoisotopic (exact) mass is 326 g/mol. The molecular weight excluding hydrogens is 308 g/mol. The summed E-state index contributed by atoms with van der Waals surface area (Å²) in [5, 5.41) is 2.92. The first-order chi connectivity index (χ1) is 9.08. The number of amides is 2. The fraction of sp³-hybridized carbons (Fsp3) is 0.500. The third-order valence-electron chi connectivity index (χ3n) is 3.30. The Kier molecular flexibility index (Phi) is 4.69. The molecule has 1 aromatic rings. The summed E-state index contributed by atoms with van der Waals surface area (Å²) in [6, 6.07) is 5.51. The van der Waals surface area contributed by atoms with Gasteiger partial charge in [-0.2, -0.15) is 0 Å². The topological polar surface area (TPSA) is 41.6 Å². The molecule has 19 heavy (non-hydrogen) atoms. The molecule has 104 valence electrons. The molecule has 0 radical (unpaired) electrons. The first-order valence-corrected chi connectivity index (χ1v) is 7.28. The van der Waals surface area contributed by atoms with Gasteiger partial charge < -0.3 is 15.0 Å². The van der Waals surface area contributed by atoms with Gasteiger partial charge in [0.25, 0.3) is 0 Å². The van der Waals surface area contributed by atoms with Gasteiger partial charge in [-0.05, 0) is 30.9 Å². The number of benzene rings is 1. The number of likely N-dealkylation sites (tertiary alicyclic amines) is 1. The summed E-state index contributed by atoms with van der Waals surface area (Å²) in [7, 11) is 1.61. The normalized spacial score (nSPS) is 19.1. The molecule has 1 N–H and O–H groups in total. The van der Waals surface area contributed by atoms with Crippen molar-refractivity contribution in [2.75, 3.05) is 25.5 Å². The Morgan fingerprint density at radius 3 is 2.95 bits per heavy atom. The number of nitrogens with zero attached hydrogens (tertiary/aromatic N) is 1.